The second kappa shape index (κ2) is 5.81. The monoisotopic (exact) mass is 231 g/mol. The Morgan fingerprint density at radius 3 is 2.81 bits per heavy atom. The maximum absolute atomic E-state index is 11.9. The first-order chi connectivity index (χ1) is 7.60. The van der Waals surface area contributed by atoms with E-state index in [9.17, 15) is 9.59 Å². The van der Waals surface area contributed by atoms with Gasteiger partial charge in [0.15, 0.2) is 6.10 Å². The van der Waals surface area contributed by atoms with E-state index in [1.165, 1.54) is 12.0 Å². The first kappa shape index (κ1) is 12.9. The molecule has 0 spiro atoms. The van der Waals surface area contributed by atoms with Crippen LogP contribution in [0.3, 0.4) is 0 Å². The molecular weight excluding hydrogens is 214 g/mol. The lowest BCUT2D eigenvalue weighted by molar-refractivity contribution is -0.162. The Morgan fingerprint density at radius 1 is 1.62 bits per heavy atom. The molecule has 16 heavy (non-hydrogen) atoms. The second-order valence-corrected chi connectivity index (χ2v) is 3.61. The highest BCUT2D eigenvalue weighted by atomic mass is 16.5. The quantitative estimate of drug-likeness (QED) is 0.720. The van der Waals surface area contributed by atoms with Gasteiger partial charge in [-0.15, -0.1) is 0 Å². The summed E-state index contributed by atoms with van der Waals surface area (Å²) in [5.74, 6) is -1.21. The largest absolute Gasteiger partial charge is 0.479 e. The highest BCUT2D eigenvalue weighted by Crippen LogP contribution is 2.10. The van der Waals surface area contributed by atoms with Crippen LogP contribution in [-0.2, 0) is 19.1 Å². The molecule has 1 amide bonds. The van der Waals surface area contributed by atoms with Crippen molar-refractivity contribution in [2.75, 3.05) is 26.8 Å². The van der Waals surface area contributed by atoms with Crippen molar-refractivity contribution < 1.29 is 24.2 Å². The molecule has 0 aromatic carbocycles. The fourth-order valence-corrected chi connectivity index (χ4v) is 1.64. The number of morpholine rings is 1. The Kier molecular flexibility index (Phi) is 4.70. The Bertz CT molecular complexity index is 264. The predicted molar refractivity (Wildman–Crippen MR) is 55.0 cm³/mol. The summed E-state index contributed by atoms with van der Waals surface area (Å²) in [6, 6.07) is 0. The number of methoxy groups -OCH3 is 1. The van der Waals surface area contributed by atoms with Crippen LogP contribution in [0.25, 0.3) is 0 Å². The van der Waals surface area contributed by atoms with Crippen molar-refractivity contribution in [3.8, 4) is 0 Å². The number of nitrogens with zero attached hydrogens (tertiary/aromatic N) is 1. The number of carbonyl (C=O) groups is 2. The number of carboxylic acids is 1. The summed E-state index contributed by atoms with van der Waals surface area (Å²) in [4.78, 5) is 24.1. The molecule has 0 aliphatic carbocycles. The molecule has 0 aromatic heterocycles. The molecule has 0 radical (unpaired) electrons. The van der Waals surface area contributed by atoms with Crippen molar-refractivity contribution in [3.05, 3.63) is 0 Å². The third-order valence-electron chi connectivity index (χ3n) is 2.58. The lowest BCUT2D eigenvalue weighted by atomic mass is 10.2. The molecule has 1 N–H and O–H groups in total. The van der Waals surface area contributed by atoms with E-state index in [1.54, 1.807) is 0 Å². The number of rotatable bonds is 4. The van der Waals surface area contributed by atoms with Crippen LogP contribution in [0.1, 0.15) is 13.3 Å². The standard InChI is InChI=1S/C10H17NO5/c1-3-7(15-2)9(12)11-4-5-16-8(6-11)10(13)14/h7-8H,3-6H2,1-2H3,(H,13,14). The second-order valence-electron chi connectivity index (χ2n) is 3.61. The minimum atomic E-state index is -1.04. The maximum Gasteiger partial charge on any atom is 0.334 e. The van der Waals surface area contributed by atoms with Crippen molar-refractivity contribution in [1.82, 2.24) is 4.90 Å². The molecule has 6 nitrogen and oxygen atoms in total. The Balaban J connectivity index is 2.59. The van der Waals surface area contributed by atoms with E-state index in [0.717, 1.165) is 0 Å². The van der Waals surface area contributed by atoms with E-state index in [-0.39, 0.29) is 19.1 Å². The SMILES string of the molecule is CCC(OC)C(=O)N1CCOC(C(=O)O)C1. The Hall–Kier alpha value is -1.14. The van der Waals surface area contributed by atoms with Crippen molar-refractivity contribution in [3.63, 3.8) is 0 Å². The van der Waals surface area contributed by atoms with Gasteiger partial charge >= 0.3 is 5.97 Å². The third-order valence-corrected chi connectivity index (χ3v) is 2.58. The lowest BCUT2D eigenvalue weighted by Gasteiger charge is -2.32. The molecule has 0 aromatic rings. The minimum Gasteiger partial charge on any atom is -0.479 e. The zero-order valence-electron chi connectivity index (χ0n) is 9.51. The van der Waals surface area contributed by atoms with Gasteiger partial charge in [-0.25, -0.2) is 4.79 Å². The highest BCUT2D eigenvalue weighted by molar-refractivity contribution is 5.82. The van der Waals surface area contributed by atoms with Gasteiger partial charge in [0, 0.05) is 13.7 Å². The van der Waals surface area contributed by atoms with E-state index in [1.807, 2.05) is 6.92 Å². The average molecular weight is 231 g/mol. The number of carbonyl (C=O) groups excluding carboxylic acids is 1. The molecule has 92 valence electrons. The zero-order valence-corrected chi connectivity index (χ0v) is 9.51. The summed E-state index contributed by atoms with van der Waals surface area (Å²) < 4.78 is 10.1. The van der Waals surface area contributed by atoms with Crippen molar-refractivity contribution >= 4 is 11.9 Å². The van der Waals surface area contributed by atoms with Crippen LogP contribution < -0.4 is 0 Å². The number of carboxylic acid groups (broad SMARTS) is 1. The molecule has 0 bridgehead atoms. The summed E-state index contributed by atoms with van der Waals surface area (Å²) in [5, 5.41) is 8.80. The summed E-state index contributed by atoms with van der Waals surface area (Å²) in [6.45, 7) is 2.61. The molecule has 2 unspecified atom stereocenters. The van der Waals surface area contributed by atoms with E-state index in [4.69, 9.17) is 14.6 Å². The van der Waals surface area contributed by atoms with Crippen LogP contribution >= 0.6 is 0 Å². The van der Waals surface area contributed by atoms with Crippen LogP contribution in [0.4, 0.5) is 0 Å². The molecule has 1 fully saturated rings. The molecule has 1 rings (SSSR count). The molecule has 1 saturated heterocycles. The van der Waals surface area contributed by atoms with Crippen LogP contribution in [0, 0.1) is 0 Å². The van der Waals surface area contributed by atoms with E-state index in [0.29, 0.717) is 13.0 Å². The first-order valence-electron chi connectivity index (χ1n) is 5.26. The maximum atomic E-state index is 11.9. The topological polar surface area (TPSA) is 76.1 Å². The molecular formula is C10H17NO5. The van der Waals surface area contributed by atoms with Crippen molar-refractivity contribution in [1.29, 1.82) is 0 Å². The number of aliphatic carboxylic acids is 1. The van der Waals surface area contributed by atoms with Gasteiger partial charge in [-0.1, -0.05) is 6.92 Å². The predicted octanol–water partition coefficient (Wildman–Crippen LogP) is -0.277. The first-order valence-corrected chi connectivity index (χ1v) is 5.26. The van der Waals surface area contributed by atoms with Crippen LogP contribution in [0.2, 0.25) is 0 Å². The average Bonchev–Trinajstić information content (AvgIpc) is 2.30. The zero-order chi connectivity index (χ0) is 12.1. The third kappa shape index (κ3) is 2.93. The van der Waals surface area contributed by atoms with Gasteiger partial charge in [0.2, 0.25) is 0 Å². The van der Waals surface area contributed by atoms with E-state index >= 15 is 0 Å². The van der Waals surface area contributed by atoms with E-state index in [2.05, 4.69) is 0 Å². The Morgan fingerprint density at radius 2 is 2.31 bits per heavy atom. The van der Waals surface area contributed by atoms with Gasteiger partial charge in [-0.3, -0.25) is 4.79 Å². The normalized spacial score (nSPS) is 22.9. The van der Waals surface area contributed by atoms with E-state index < -0.39 is 18.2 Å². The fraction of sp³-hybridized carbons (Fsp3) is 0.800. The summed E-state index contributed by atoms with van der Waals surface area (Å²) >= 11 is 0. The van der Waals surface area contributed by atoms with Gasteiger partial charge in [0.05, 0.1) is 13.2 Å². The van der Waals surface area contributed by atoms with Crippen LogP contribution in [0.15, 0.2) is 0 Å². The van der Waals surface area contributed by atoms with Gasteiger partial charge in [-0.2, -0.15) is 0 Å². The fourth-order valence-electron chi connectivity index (χ4n) is 1.64. The number of ether oxygens (including phenoxy) is 2. The Labute approximate surface area is 94.1 Å². The van der Waals surface area contributed by atoms with Gasteiger partial charge in [0.1, 0.15) is 6.10 Å². The molecule has 1 aliphatic heterocycles. The summed E-state index contributed by atoms with van der Waals surface area (Å²) in [7, 11) is 1.47. The molecule has 1 heterocycles. The number of hydrogen-bond acceptors (Lipinski definition) is 4. The van der Waals surface area contributed by atoms with Crippen molar-refractivity contribution in [2.24, 2.45) is 0 Å². The summed E-state index contributed by atoms with van der Waals surface area (Å²) in [5.41, 5.74) is 0. The van der Waals surface area contributed by atoms with Crippen LogP contribution in [-0.4, -0.2) is 60.9 Å². The minimum absolute atomic E-state index is 0.0913. The number of hydrogen-bond donors (Lipinski definition) is 1. The van der Waals surface area contributed by atoms with Crippen LogP contribution in [0.5, 0.6) is 0 Å². The summed E-state index contributed by atoms with van der Waals surface area (Å²) in [6.07, 6.45) is -0.843. The molecule has 6 heteroatoms. The van der Waals surface area contributed by atoms with Gasteiger partial charge in [-0.05, 0) is 6.42 Å². The van der Waals surface area contributed by atoms with Gasteiger partial charge in [0.25, 0.3) is 5.91 Å². The van der Waals surface area contributed by atoms with Gasteiger partial charge < -0.3 is 19.5 Å². The molecule has 0 saturated carbocycles. The molecule has 2 atom stereocenters. The number of amides is 1. The molecule has 1 aliphatic rings. The highest BCUT2D eigenvalue weighted by Gasteiger charge is 2.31. The van der Waals surface area contributed by atoms with Crippen molar-refractivity contribution in [2.45, 2.75) is 25.6 Å². The lowest BCUT2D eigenvalue weighted by Crippen LogP contribution is -2.51. The smallest absolute Gasteiger partial charge is 0.334 e.